The van der Waals surface area contributed by atoms with E-state index in [1.165, 1.54) is 0 Å². The minimum atomic E-state index is 0.257. The summed E-state index contributed by atoms with van der Waals surface area (Å²) in [5.41, 5.74) is 1.82. The molecule has 0 spiro atoms. The highest BCUT2D eigenvalue weighted by Crippen LogP contribution is 2.32. The Balaban J connectivity index is 1.97. The van der Waals surface area contributed by atoms with Gasteiger partial charge < -0.3 is 0 Å². The fourth-order valence-electron chi connectivity index (χ4n) is 1.69. The first kappa shape index (κ1) is 12.3. The van der Waals surface area contributed by atoms with Crippen molar-refractivity contribution in [2.45, 2.75) is 26.3 Å². The molecule has 0 amide bonds. The lowest BCUT2D eigenvalue weighted by molar-refractivity contribution is 0.0967. The molecule has 0 aromatic heterocycles. The van der Waals surface area contributed by atoms with E-state index in [0.717, 1.165) is 24.0 Å². The quantitative estimate of drug-likeness (QED) is 0.289. The maximum absolute atomic E-state index is 11.8. The maximum Gasteiger partial charge on any atom is 0.182 e. The number of aliphatic imine (C=N–C) groups is 1. The van der Waals surface area contributed by atoms with Crippen LogP contribution in [0.15, 0.2) is 29.3 Å². The van der Waals surface area contributed by atoms with Gasteiger partial charge >= 0.3 is 0 Å². The summed E-state index contributed by atoms with van der Waals surface area (Å²) in [6, 6.07) is 7.55. The minimum absolute atomic E-state index is 0.257. The SMILES string of the molecule is CC(=NCc1ccc(C(=O)C2CC2)cc1)NC#N. The van der Waals surface area contributed by atoms with E-state index in [9.17, 15) is 4.79 Å². The van der Waals surface area contributed by atoms with Gasteiger partial charge in [-0.2, -0.15) is 5.26 Å². The van der Waals surface area contributed by atoms with E-state index in [0.29, 0.717) is 12.4 Å². The lowest BCUT2D eigenvalue weighted by Gasteiger charge is -2.01. The standard InChI is InChI=1S/C14H15N3O/c1-10(17-9-15)16-8-11-2-4-12(5-3-11)14(18)13-6-7-13/h2-5,13H,6-8H2,1H3,(H,16,17). The van der Waals surface area contributed by atoms with Crippen molar-refractivity contribution in [3.63, 3.8) is 0 Å². The van der Waals surface area contributed by atoms with Crippen LogP contribution in [-0.2, 0) is 6.54 Å². The number of carbonyl (C=O) groups is 1. The van der Waals surface area contributed by atoms with E-state index < -0.39 is 0 Å². The highest BCUT2D eigenvalue weighted by Gasteiger charge is 2.30. The molecule has 18 heavy (non-hydrogen) atoms. The maximum atomic E-state index is 11.8. The molecule has 1 fully saturated rings. The monoisotopic (exact) mass is 241 g/mol. The van der Waals surface area contributed by atoms with E-state index >= 15 is 0 Å². The second-order valence-corrected chi connectivity index (χ2v) is 4.47. The van der Waals surface area contributed by atoms with Crippen molar-refractivity contribution < 1.29 is 4.79 Å². The van der Waals surface area contributed by atoms with Crippen LogP contribution >= 0.6 is 0 Å². The van der Waals surface area contributed by atoms with Crippen LogP contribution < -0.4 is 5.32 Å². The molecule has 1 aliphatic carbocycles. The Morgan fingerprint density at radius 3 is 2.67 bits per heavy atom. The second-order valence-electron chi connectivity index (χ2n) is 4.47. The number of benzene rings is 1. The molecule has 1 aromatic rings. The molecular formula is C14H15N3O. The summed E-state index contributed by atoms with van der Waals surface area (Å²) in [5.74, 6) is 1.11. The molecule has 1 aliphatic rings. The number of nitrogens with one attached hydrogen (secondary N) is 1. The Morgan fingerprint density at radius 1 is 1.44 bits per heavy atom. The Kier molecular flexibility index (Phi) is 3.73. The molecule has 0 radical (unpaired) electrons. The van der Waals surface area contributed by atoms with Crippen LogP contribution in [0.5, 0.6) is 0 Å². The summed E-state index contributed by atoms with van der Waals surface area (Å²) in [6.45, 7) is 2.26. The smallest absolute Gasteiger partial charge is 0.182 e. The van der Waals surface area contributed by atoms with Crippen molar-refractivity contribution in [1.29, 1.82) is 5.26 Å². The first-order chi connectivity index (χ1) is 8.70. The molecule has 1 aromatic carbocycles. The minimum Gasteiger partial charge on any atom is -0.294 e. The van der Waals surface area contributed by atoms with Crippen LogP contribution in [0.1, 0.15) is 35.7 Å². The van der Waals surface area contributed by atoms with Crippen molar-refractivity contribution >= 4 is 11.6 Å². The van der Waals surface area contributed by atoms with Crippen LogP contribution in [0, 0.1) is 17.4 Å². The molecule has 0 saturated heterocycles. The Morgan fingerprint density at radius 2 is 2.11 bits per heavy atom. The summed E-state index contributed by atoms with van der Waals surface area (Å²) in [6.07, 6.45) is 3.89. The number of hydrogen-bond donors (Lipinski definition) is 1. The average Bonchev–Trinajstić information content (AvgIpc) is 3.21. The van der Waals surface area contributed by atoms with Crippen molar-refractivity contribution in [3.8, 4) is 6.19 Å². The van der Waals surface area contributed by atoms with E-state index in [2.05, 4.69) is 10.3 Å². The summed E-state index contributed by atoms with van der Waals surface area (Å²) in [5, 5.41) is 10.9. The summed E-state index contributed by atoms with van der Waals surface area (Å²) in [4.78, 5) is 16.0. The van der Waals surface area contributed by atoms with Gasteiger partial charge in [-0.3, -0.25) is 15.1 Å². The number of hydrogen-bond acceptors (Lipinski definition) is 3. The summed E-state index contributed by atoms with van der Waals surface area (Å²) >= 11 is 0. The second kappa shape index (κ2) is 5.46. The molecule has 4 heteroatoms. The van der Waals surface area contributed by atoms with Gasteiger partial charge in [-0.15, -0.1) is 0 Å². The third kappa shape index (κ3) is 3.17. The molecule has 2 rings (SSSR count). The number of amidine groups is 1. The van der Waals surface area contributed by atoms with E-state index in [-0.39, 0.29) is 11.7 Å². The van der Waals surface area contributed by atoms with E-state index in [1.807, 2.05) is 30.5 Å². The van der Waals surface area contributed by atoms with Gasteiger partial charge in [-0.05, 0) is 25.3 Å². The third-order valence-electron chi connectivity index (χ3n) is 2.92. The van der Waals surface area contributed by atoms with Crippen LogP contribution in [0.25, 0.3) is 0 Å². The molecule has 0 aliphatic heterocycles. The zero-order chi connectivity index (χ0) is 13.0. The molecule has 1 N–H and O–H groups in total. The van der Waals surface area contributed by atoms with Gasteiger partial charge in [0.2, 0.25) is 0 Å². The highest BCUT2D eigenvalue weighted by atomic mass is 16.1. The topological polar surface area (TPSA) is 65.2 Å². The molecule has 92 valence electrons. The molecule has 0 heterocycles. The number of rotatable bonds is 4. The molecule has 0 unspecified atom stereocenters. The molecule has 4 nitrogen and oxygen atoms in total. The van der Waals surface area contributed by atoms with Crippen molar-refractivity contribution in [3.05, 3.63) is 35.4 Å². The zero-order valence-corrected chi connectivity index (χ0v) is 10.3. The Labute approximate surface area is 106 Å². The van der Waals surface area contributed by atoms with Gasteiger partial charge in [-0.25, -0.2) is 0 Å². The number of carbonyl (C=O) groups excluding carboxylic acids is 1. The van der Waals surface area contributed by atoms with Crippen molar-refractivity contribution in [2.24, 2.45) is 10.9 Å². The predicted molar refractivity (Wildman–Crippen MR) is 69.1 cm³/mol. The van der Waals surface area contributed by atoms with Crippen LogP contribution in [0.4, 0.5) is 0 Å². The van der Waals surface area contributed by atoms with Gasteiger partial charge in [-0.1, -0.05) is 24.3 Å². The van der Waals surface area contributed by atoms with Gasteiger partial charge in [0.25, 0.3) is 0 Å². The summed E-state index contributed by atoms with van der Waals surface area (Å²) < 4.78 is 0. The normalized spacial score (nSPS) is 15.0. The Hall–Kier alpha value is -2.15. The van der Waals surface area contributed by atoms with Gasteiger partial charge in [0.1, 0.15) is 5.84 Å². The number of nitriles is 1. The Bertz CT molecular complexity index is 507. The predicted octanol–water partition coefficient (Wildman–Crippen LogP) is 2.27. The van der Waals surface area contributed by atoms with Gasteiger partial charge in [0.05, 0.1) is 6.54 Å². The fourth-order valence-corrected chi connectivity index (χ4v) is 1.69. The van der Waals surface area contributed by atoms with Crippen LogP contribution in [0.3, 0.4) is 0 Å². The number of ketones is 1. The molecule has 0 atom stereocenters. The molecule has 0 bridgehead atoms. The molecule has 1 saturated carbocycles. The van der Waals surface area contributed by atoms with E-state index in [4.69, 9.17) is 5.26 Å². The van der Waals surface area contributed by atoms with Crippen LogP contribution in [-0.4, -0.2) is 11.6 Å². The first-order valence-electron chi connectivity index (χ1n) is 6.00. The zero-order valence-electron chi connectivity index (χ0n) is 10.3. The van der Waals surface area contributed by atoms with Crippen LogP contribution in [0.2, 0.25) is 0 Å². The van der Waals surface area contributed by atoms with Gasteiger partial charge in [0, 0.05) is 11.5 Å². The summed E-state index contributed by atoms with van der Waals surface area (Å²) in [7, 11) is 0. The van der Waals surface area contributed by atoms with Crippen molar-refractivity contribution in [2.75, 3.05) is 0 Å². The largest absolute Gasteiger partial charge is 0.294 e. The fraction of sp³-hybridized carbons (Fsp3) is 0.357. The van der Waals surface area contributed by atoms with Crippen molar-refractivity contribution in [1.82, 2.24) is 5.32 Å². The number of nitrogens with zero attached hydrogens (tertiary/aromatic N) is 2. The first-order valence-corrected chi connectivity index (χ1v) is 6.00. The number of Topliss-reactive ketones (excluding diaryl/α,β-unsaturated/α-hetero) is 1. The third-order valence-corrected chi connectivity index (χ3v) is 2.92. The molecular weight excluding hydrogens is 226 g/mol. The highest BCUT2D eigenvalue weighted by molar-refractivity contribution is 5.99. The van der Waals surface area contributed by atoms with Gasteiger partial charge in [0.15, 0.2) is 12.0 Å². The lowest BCUT2D eigenvalue weighted by Crippen LogP contribution is -2.13. The lowest BCUT2D eigenvalue weighted by atomic mass is 10.1. The van der Waals surface area contributed by atoms with E-state index in [1.54, 1.807) is 6.92 Å². The average molecular weight is 241 g/mol.